The quantitative estimate of drug-likeness (QED) is 0.731. The van der Waals surface area contributed by atoms with Crippen LogP contribution in [-0.2, 0) is 11.3 Å². The number of benzene rings is 1. The summed E-state index contributed by atoms with van der Waals surface area (Å²) in [6.07, 6.45) is 2.55. The van der Waals surface area contributed by atoms with Crippen LogP contribution < -0.4 is 16.1 Å². The summed E-state index contributed by atoms with van der Waals surface area (Å²) in [6.45, 7) is 3.27. The van der Waals surface area contributed by atoms with Gasteiger partial charge in [-0.1, -0.05) is 24.6 Å². The minimum absolute atomic E-state index is 0.400. The number of hydrogen-bond acceptors (Lipinski definition) is 6. The van der Waals surface area contributed by atoms with Crippen LogP contribution in [0.4, 0.5) is 17.5 Å². The Labute approximate surface area is 134 Å². The molecule has 1 aromatic heterocycles. The Morgan fingerprint density at radius 3 is 3.14 bits per heavy atom. The maximum atomic E-state index is 9.62. The van der Waals surface area contributed by atoms with Crippen LogP contribution in [0.2, 0.25) is 5.02 Å². The average Bonchev–Trinajstić information content (AvgIpc) is 2.89. The lowest BCUT2D eigenvalue weighted by Crippen LogP contribution is -2.27. The summed E-state index contributed by atoms with van der Waals surface area (Å²) < 4.78 is 5.18. The normalized spacial score (nSPS) is 13.1. The molecule has 0 atom stereocenters. The molecular formula is C14H16BClN4O2. The van der Waals surface area contributed by atoms with Crippen molar-refractivity contribution in [1.82, 2.24) is 9.97 Å². The van der Waals surface area contributed by atoms with Gasteiger partial charge in [-0.3, -0.25) is 0 Å². The van der Waals surface area contributed by atoms with Crippen molar-refractivity contribution in [3.8, 4) is 0 Å². The third-order valence-corrected chi connectivity index (χ3v) is 3.63. The van der Waals surface area contributed by atoms with Crippen LogP contribution in [0.3, 0.4) is 0 Å². The van der Waals surface area contributed by atoms with Gasteiger partial charge in [-0.25, -0.2) is 4.98 Å². The highest BCUT2D eigenvalue weighted by Crippen LogP contribution is 2.22. The number of rotatable bonds is 5. The zero-order chi connectivity index (χ0) is 15.5. The van der Waals surface area contributed by atoms with Crippen molar-refractivity contribution in [3.63, 3.8) is 0 Å². The highest BCUT2D eigenvalue weighted by Gasteiger charge is 2.27. The SMILES string of the molecule is CCCNc1nc(Nc2ccc3c(c2)COB3O)ncc1Cl. The Bertz CT molecular complexity index is 686. The lowest BCUT2D eigenvalue weighted by molar-refractivity contribution is 0.275. The van der Waals surface area contributed by atoms with Crippen LogP contribution in [0.1, 0.15) is 18.9 Å². The summed E-state index contributed by atoms with van der Waals surface area (Å²) in [6, 6.07) is 5.61. The van der Waals surface area contributed by atoms with E-state index in [0.29, 0.717) is 23.4 Å². The smallest absolute Gasteiger partial charge is 0.423 e. The lowest BCUT2D eigenvalue weighted by atomic mass is 9.79. The topological polar surface area (TPSA) is 79.3 Å². The highest BCUT2D eigenvalue weighted by molar-refractivity contribution is 6.61. The van der Waals surface area contributed by atoms with Crippen LogP contribution in [-0.4, -0.2) is 28.7 Å². The number of hydrogen-bond donors (Lipinski definition) is 3. The lowest BCUT2D eigenvalue weighted by Gasteiger charge is -2.10. The van der Waals surface area contributed by atoms with Crippen LogP contribution >= 0.6 is 11.6 Å². The van der Waals surface area contributed by atoms with Gasteiger partial charge in [0.25, 0.3) is 0 Å². The number of aromatic nitrogens is 2. The summed E-state index contributed by atoms with van der Waals surface area (Å²) in [7, 11) is -0.833. The van der Waals surface area contributed by atoms with Crippen molar-refractivity contribution in [1.29, 1.82) is 0 Å². The van der Waals surface area contributed by atoms with E-state index < -0.39 is 7.12 Å². The molecule has 6 nitrogen and oxygen atoms in total. The second-order valence-electron chi connectivity index (χ2n) is 5.02. The molecule has 0 bridgehead atoms. The maximum Gasteiger partial charge on any atom is 0.491 e. The molecule has 0 saturated heterocycles. The van der Waals surface area contributed by atoms with Crippen LogP contribution in [0, 0.1) is 0 Å². The number of nitrogens with zero attached hydrogens (tertiary/aromatic N) is 2. The third-order valence-electron chi connectivity index (χ3n) is 3.35. The summed E-state index contributed by atoms with van der Waals surface area (Å²) in [4.78, 5) is 8.54. The summed E-state index contributed by atoms with van der Waals surface area (Å²) in [5, 5.41) is 16.4. The maximum absolute atomic E-state index is 9.62. The zero-order valence-corrected chi connectivity index (χ0v) is 12.9. The van der Waals surface area contributed by atoms with Gasteiger partial charge in [-0.15, -0.1) is 0 Å². The van der Waals surface area contributed by atoms with E-state index in [1.807, 2.05) is 18.2 Å². The fourth-order valence-corrected chi connectivity index (χ4v) is 2.39. The molecule has 0 unspecified atom stereocenters. The molecule has 2 heterocycles. The predicted molar refractivity (Wildman–Crippen MR) is 87.9 cm³/mol. The molecule has 1 aliphatic rings. The Balaban J connectivity index is 1.78. The molecule has 114 valence electrons. The number of anilines is 3. The molecule has 22 heavy (non-hydrogen) atoms. The Morgan fingerprint density at radius 1 is 1.45 bits per heavy atom. The van der Waals surface area contributed by atoms with Gasteiger partial charge in [0.15, 0.2) is 0 Å². The average molecular weight is 319 g/mol. The highest BCUT2D eigenvalue weighted by atomic mass is 35.5. The van der Waals surface area contributed by atoms with Crippen LogP contribution in [0.5, 0.6) is 0 Å². The molecule has 0 amide bonds. The zero-order valence-electron chi connectivity index (χ0n) is 12.1. The molecule has 2 aromatic rings. The number of nitrogens with one attached hydrogen (secondary N) is 2. The molecule has 1 aromatic carbocycles. The first-order valence-corrected chi connectivity index (χ1v) is 7.51. The van der Waals surface area contributed by atoms with E-state index in [2.05, 4.69) is 27.5 Å². The first kappa shape index (κ1) is 15.1. The predicted octanol–water partition coefficient (Wildman–Crippen LogP) is 1.91. The van der Waals surface area contributed by atoms with Gasteiger partial charge in [0.05, 0.1) is 12.8 Å². The monoisotopic (exact) mass is 318 g/mol. The van der Waals surface area contributed by atoms with Crippen LogP contribution in [0.15, 0.2) is 24.4 Å². The Morgan fingerprint density at radius 2 is 2.32 bits per heavy atom. The van der Waals surface area contributed by atoms with Crippen molar-refractivity contribution >= 4 is 41.6 Å². The number of fused-ring (bicyclic) bond motifs is 1. The van der Waals surface area contributed by atoms with Gasteiger partial charge in [0, 0.05) is 12.2 Å². The van der Waals surface area contributed by atoms with Crippen molar-refractivity contribution in [3.05, 3.63) is 35.0 Å². The van der Waals surface area contributed by atoms with E-state index in [4.69, 9.17) is 16.3 Å². The number of halogens is 1. The van der Waals surface area contributed by atoms with Gasteiger partial charge in [-0.2, -0.15) is 4.98 Å². The van der Waals surface area contributed by atoms with E-state index in [-0.39, 0.29) is 0 Å². The molecular weight excluding hydrogens is 302 g/mol. The van der Waals surface area contributed by atoms with Gasteiger partial charge < -0.3 is 20.3 Å². The summed E-state index contributed by atoms with van der Waals surface area (Å²) >= 11 is 6.07. The van der Waals surface area contributed by atoms with E-state index in [0.717, 1.165) is 29.7 Å². The molecule has 0 fully saturated rings. The van der Waals surface area contributed by atoms with Crippen molar-refractivity contribution < 1.29 is 9.68 Å². The fraction of sp³-hybridized carbons (Fsp3) is 0.286. The largest absolute Gasteiger partial charge is 0.491 e. The molecule has 3 rings (SSSR count). The van der Waals surface area contributed by atoms with Gasteiger partial charge in [-0.05, 0) is 29.6 Å². The first-order chi connectivity index (χ1) is 10.7. The molecule has 8 heteroatoms. The van der Waals surface area contributed by atoms with E-state index >= 15 is 0 Å². The first-order valence-electron chi connectivity index (χ1n) is 7.13. The summed E-state index contributed by atoms with van der Waals surface area (Å²) in [5.74, 6) is 1.07. The van der Waals surface area contributed by atoms with E-state index in [1.54, 1.807) is 6.20 Å². The van der Waals surface area contributed by atoms with Crippen molar-refractivity contribution in [2.45, 2.75) is 20.0 Å². The molecule has 1 aliphatic heterocycles. The molecule has 0 aliphatic carbocycles. The second kappa shape index (κ2) is 6.52. The minimum Gasteiger partial charge on any atom is -0.423 e. The summed E-state index contributed by atoms with van der Waals surface area (Å²) in [5.41, 5.74) is 2.59. The third kappa shape index (κ3) is 3.16. The Hall–Kier alpha value is -1.83. The van der Waals surface area contributed by atoms with Gasteiger partial charge in [0.1, 0.15) is 10.8 Å². The molecule has 0 spiro atoms. The second-order valence-corrected chi connectivity index (χ2v) is 5.43. The van der Waals surface area contributed by atoms with Crippen LogP contribution in [0.25, 0.3) is 0 Å². The van der Waals surface area contributed by atoms with E-state index in [1.165, 1.54) is 0 Å². The molecule has 3 N–H and O–H groups in total. The minimum atomic E-state index is -0.833. The van der Waals surface area contributed by atoms with Crippen molar-refractivity contribution in [2.24, 2.45) is 0 Å². The fourth-order valence-electron chi connectivity index (χ4n) is 2.23. The Kier molecular flexibility index (Phi) is 4.47. The van der Waals surface area contributed by atoms with Crippen molar-refractivity contribution in [2.75, 3.05) is 17.2 Å². The van der Waals surface area contributed by atoms with Gasteiger partial charge >= 0.3 is 7.12 Å². The standard InChI is InChI=1S/C14H16BClN4O2/c1-2-5-17-13-12(16)7-18-14(20-13)19-10-3-4-11-9(6-10)8-22-15(11)21/h3-4,6-7,21H,2,5,8H2,1H3,(H2,17,18,19,20). The van der Waals surface area contributed by atoms with E-state index in [9.17, 15) is 5.02 Å². The molecule has 0 radical (unpaired) electrons. The molecule has 0 saturated carbocycles. The van der Waals surface area contributed by atoms with Gasteiger partial charge in [0.2, 0.25) is 5.95 Å².